The average Bonchev–Trinajstić information content (AvgIpc) is 2.57. The Hall–Kier alpha value is -0.690. The van der Waals surface area contributed by atoms with E-state index in [1.165, 1.54) is 0 Å². The van der Waals surface area contributed by atoms with E-state index in [1.54, 1.807) is 0 Å². The quantitative estimate of drug-likeness (QED) is 0.400. The molecule has 1 rings (SSSR count). The lowest BCUT2D eigenvalue weighted by Gasteiger charge is -2.35. The summed E-state index contributed by atoms with van der Waals surface area (Å²) in [5, 5.41) is 2.31. The van der Waals surface area contributed by atoms with Crippen LogP contribution in [0.25, 0.3) is 0 Å². The highest BCUT2D eigenvalue weighted by Crippen LogP contribution is 2.27. The molecule has 6 heteroatoms. The minimum absolute atomic E-state index is 0.0152. The van der Waals surface area contributed by atoms with Crippen LogP contribution in [0.2, 0.25) is 0 Å². The zero-order valence-electron chi connectivity index (χ0n) is 15.7. The largest absolute Gasteiger partial charge is 0.458 e. The number of ether oxygens (including phenoxy) is 4. The van der Waals surface area contributed by atoms with Gasteiger partial charge in [-0.1, -0.05) is 13.3 Å². The molecule has 0 saturated carbocycles. The molecule has 6 nitrogen and oxygen atoms in total. The van der Waals surface area contributed by atoms with Gasteiger partial charge in [-0.2, -0.15) is 0 Å². The first-order chi connectivity index (χ1) is 11.6. The third-order valence-corrected chi connectivity index (χ3v) is 4.40. The fourth-order valence-electron chi connectivity index (χ4n) is 2.87. The summed E-state index contributed by atoms with van der Waals surface area (Å²) in [5.41, 5.74) is -0.416. The van der Waals surface area contributed by atoms with Crippen molar-refractivity contribution >= 4 is 5.97 Å². The van der Waals surface area contributed by atoms with Crippen molar-refractivity contribution in [3.63, 3.8) is 0 Å². The van der Waals surface area contributed by atoms with Gasteiger partial charge in [0.1, 0.15) is 12.2 Å². The molecule has 0 aromatic carbocycles. The number of nitrogens with two attached hydrogens (primary N) is 1. The van der Waals surface area contributed by atoms with Gasteiger partial charge in [0.15, 0.2) is 0 Å². The highest BCUT2D eigenvalue weighted by Gasteiger charge is 2.35. The molecule has 0 aliphatic carbocycles. The summed E-state index contributed by atoms with van der Waals surface area (Å²) in [6.07, 6.45) is 4.41. The van der Waals surface area contributed by atoms with Crippen LogP contribution >= 0.6 is 0 Å². The zero-order chi connectivity index (χ0) is 17.7. The number of quaternary nitrogens is 1. The van der Waals surface area contributed by atoms with Crippen LogP contribution in [-0.2, 0) is 23.7 Å². The summed E-state index contributed by atoms with van der Waals surface area (Å²) in [6.45, 7) is 11.2. The van der Waals surface area contributed by atoms with Crippen molar-refractivity contribution in [1.82, 2.24) is 0 Å². The average molecular weight is 346 g/mol. The first kappa shape index (κ1) is 21.4. The Labute approximate surface area is 146 Å². The van der Waals surface area contributed by atoms with Crippen LogP contribution in [0, 0.1) is 5.92 Å². The topological polar surface area (TPSA) is 70.6 Å². The van der Waals surface area contributed by atoms with E-state index in [1.807, 2.05) is 13.8 Å². The SMILES string of the molecule is CCCCOCCOCCOCC(=O)OC(C)(C)C1CC[NH2+]CC1. The number of rotatable bonds is 13. The maximum Gasteiger partial charge on any atom is 0.332 e. The van der Waals surface area contributed by atoms with E-state index in [-0.39, 0.29) is 12.6 Å². The summed E-state index contributed by atoms with van der Waals surface area (Å²) in [4.78, 5) is 11.9. The molecule has 0 radical (unpaired) electrons. The Morgan fingerprint density at radius 3 is 2.21 bits per heavy atom. The third kappa shape index (κ3) is 9.57. The number of hydrogen-bond donors (Lipinski definition) is 1. The third-order valence-electron chi connectivity index (χ3n) is 4.40. The first-order valence-corrected chi connectivity index (χ1v) is 9.33. The van der Waals surface area contributed by atoms with Crippen molar-refractivity contribution in [3.05, 3.63) is 0 Å². The Morgan fingerprint density at radius 1 is 1.00 bits per heavy atom. The number of carbonyl (C=O) groups is 1. The van der Waals surface area contributed by atoms with Gasteiger partial charge in [-0.3, -0.25) is 0 Å². The molecule has 2 N–H and O–H groups in total. The molecule has 1 heterocycles. The van der Waals surface area contributed by atoms with Gasteiger partial charge in [-0.15, -0.1) is 0 Å². The van der Waals surface area contributed by atoms with Crippen molar-refractivity contribution in [3.8, 4) is 0 Å². The molecule has 142 valence electrons. The molecule has 0 aromatic heterocycles. The lowest BCUT2D eigenvalue weighted by Crippen LogP contribution is -2.86. The van der Waals surface area contributed by atoms with Crippen molar-refractivity contribution in [2.75, 3.05) is 52.7 Å². The van der Waals surface area contributed by atoms with E-state index in [9.17, 15) is 4.79 Å². The molecule has 24 heavy (non-hydrogen) atoms. The van der Waals surface area contributed by atoms with E-state index < -0.39 is 5.60 Å². The highest BCUT2D eigenvalue weighted by molar-refractivity contribution is 5.71. The molecule has 1 fully saturated rings. The molecular formula is C18H36NO5+. The Kier molecular flexibility index (Phi) is 11.2. The van der Waals surface area contributed by atoms with Crippen LogP contribution in [-0.4, -0.2) is 64.3 Å². The van der Waals surface area contributed by atoms with Crippen LogP contribution in [0.4, 0.5) is 0 Å². The molecule has 0 amide bonds. The minimum Gasteiger partial charge on any atom is -0.458 e. The summed E-state index contributed by atoms with van der Waals surface area (Å²) in [6, 6.07) is 0. The van der Waals surface area contributed by atoms with Crippen LogP contribution in [0.1, 0.15) is 46.5 Å². The minimum atomic E-state index is -0.416. The molecular weight excluding hydrogens is 310 g/mol. The highest BCUT2D eigenvalue weighted by atomic mass is 16.6. The summed E-state index contributed by atoms with van der Waals surface area (Å²) in [7, 11) is 0. The lowest BCUT2D eigenvalue weighted by atomic mass is 9.83. The van der Waals surface area contributed by atoms with Gasteiger partial charge >= 0.3 is 5.97 Å². The smallest absolute Gasteiger partial charge is 0.332 e. The second kappa shape index (κ2) is 12.6. The van der Waals surface area contributed by atoms with E-state index >= 15 is 0 Å². The molecule has 1 aliphatic heterocycles. The van der Waals surface area contributed by atoms with E-state index in [0.717, 1.165) is 45.4 Å². The Balaban J connectivity index is 1.99. The van der Waals surface area contributed by atoms with Crippen molar-refractivity contribution in [2.24, 2.45) is 5.92 Å². The van der Waals surface area contributed by atoms with E-state index in [4.69, 9.17) is 18.9 Å². The van der Waals surface area contributed by atoms with Gasteiger partial charge in [-0.25, -0.2) is 4.79 Å². The lowest BCUT2D eigenvalue weighted by molar-refractivity contribution is -0.665. The molecule has 0 atom stereocenters. The summed E-state index contributed by atoms with van der Waals surface area (Å²) >= 11 is 0. The van der Waals surface area contributed by atoms with Crippen LogP contribution in [0.3, 0.4) is 0 Å². The zero-order valence-corrected chi connectivity index (χ0v) is 15.7. The Bertz CT molecular complexity index is 329. The summed E-state index contributed by atoms with van der Waals surface area (Å²) in [5.74, 6) is 0.139. The van der Waals surface area contributed by atoms with Gasteiger partial charge in [0.2, 0.25) is 0 Å². The second-order valence-electron chi connectivity index (χ2n) is 6.85. The van der Waals surface area contributed by atoms with Gasteiger partial charge in [0.25, 0.3) is 0 Å². The fraction of sp³-hybridized carbons (Fsp3) is 0.944. The fourth-order valence-corrected chi connectivity index (χ4v) is 2.87. The van der Waals surface area contributed by atoms with Crippen LogP contribution in [0.5, 0.6) is 0 Å². The van der Waals surface area contributed by atoms with Crippen molar-refractivity contribution in [1.29, 1.82) is 0 Å². The maximum absolute atomic E-state index is 11.9. The van der Waals surface area contributed by atoms with Crippen molar-refractivity contribution in [2.45, 2.75) is 52.1 Å². The van der Waals surface area contributed by atoms with E-state index in [0.29, 0.717) is 32.3 Å². The van der Waals surface area contributed by atoms with Gasteiger partial charge < -0.3 is 24.3 Å². The van der Waals surface area contributed by atoms with Crippen LogP contribution < -0.4 is 5.32 Å². The van der Waals surface area contributed by atoms with E-state index in [2.05, 4.69) is 12.2 Å². The molecule has 1 saturated heterocycles. The molecule has 0 bridgehead atoms. The molecule has 1 aliphatic rings. The van der Waals surface area contributed by atoms with Gasteiger partial charge in [0.05, 0.1) is 39.5 Å². The summed E-state index contributed by atoms with van der Waals surface area (Å²) < 4.78 is 21.7. The first-order valence-electron chi connectivity index (χ1n) is 9.33. The predicted molar refractivity (Wildman–Crippen MR) is 91.9 cm³/mol. The number of esters is 1. The number of piperidine rings is 1. The molecule has 0 aromatic rings. The predicted octanol–water partition coefficient (Wildman–Crippen LogP) is 1.13. The van der Waals surface area contributed by atoms with Gasteiger partial charge in [0, 0.05) is 25.4 Å². The molecule has 0 spiro atoms. The number of unbranched alkanes of at least 4 members (excludes halogenated alkanes) is 1. The Morgan fingerprint density at radius 2 is 1.58 bits per heavy atom. The molecule has 0 unspecified atom stereocenters. The number of carbonyl (C=O) groups excluding carboxylic acids is 1. The number of hydrogen-bond acceptors (Lipinski definition) is 5. The monoisotopic (exact) mass is 346 g/mol. The maximum atomic E-state index is 11.9. The standard InChI is InChI=1S/C18H35NO5/c1-4-5-10-21-11-12-22-13-14-23-15-17(20)24-18(2,3)16-6-8-19-9-7-16/h16,19H,4-15H2,1-3H3/p+1. The van der Waals surface area contributed by atoms with Crippen molar-refractivity contribution < 1.29 is 29.1 Å². The van der Waals surface area contributed by atoms with Gasteiger partial charge in [-0.05, 0) is 20.3 Å². The normalized spacial score (nSPS) is 16.3. The second-order valence-corrected chi connectivity index (χ2v) is 6.85. The van der Waals surface area contributed by atoms with Crippen LogP contribution in [0.15, 0.2) is 0 Å².